The van der Waals surface area contributed by atoms with Gasteiger partial charge in [-0.15, -0.1) is 0 Å². The van der Waals surface area contributed by atoms with Crippen LogP contribution < -0.4 is 4.90 Å². The van der Waals surface area contributed by atoms with E-state index in [0.29, 0.717) is 19.4 Å². The zero-order chi connectivity index (χ0) is 18.4. The molecule has 0 spiro atoms. The summed E-state index contributed by atoms with van der Waals surface area (Å²) in [6, 6.07) is 1.06. The van der Waals surface area contributed by atoms with Crippen molar-refractivity contribution >= 4 is 38.6 Å². The Morgan fingerprint density at radius 1 is 1.36 bits per heavy atom. The van der Waals surface area contributed by atoms with Crippen molar-refractivity contribution in [1.82, 2.24) is 9.97 Å². The van der Waals surface area contributed by atoms with Crippen molar-refractivity contribution in [2.45, 2.75) is 19.8 Å². The third-order valence-corrected chi connectivity index (χ3v) is 5.18. The van der Waals surface area contributed by atoms with Gasteiger partial charge in [0, 0.05) is 18.5 Å². The van der Waals surface area contributed by atoms with E-state index in [-0.39, 0.29) is 23.3 Å². The second kappa shape index (κ2) is 6.44. The van der Waals surface area contributed by atoms with Gasteiger partial charge in [-0.3, -0.25) is 4.79 Å². The number of carbonyl (C=O) groups is 1. The fourth-order valence-electron chi connectivity index (χ4n) is 3.20. The Balaban J connectivity index is 2.14. The number of anilines is 1. The van der Waals surface area contributed by atoms with Crippen LogP contribution in [-0.2, 0) is 9.53 Å². The highest BCUT2D eigenvalue weighted by molar-refractivity contribution is 9.10. The Labute approximate surface area is 150 Å². The zero-order valence-corrected chi connectivity index (χ0v) is 15.2. The largest absolute Gasteiger partial charge is 0.469 e. The van der Waals surface area contributed by atoms with Gasteiger partial charge in [-0.05, 0) is 41.8 Å². The Morgan fingerprint density at radius 3 is 2.76 bits per heavy atom. The minimum atomic E-state index is -1.12. The molecule has 1 aromatic carbocycles. The summed E-state index contributed by atoms with van der Waals surface area (Å²) in [6.07, 6.45) is 0.0983. The maximum Gasteiger partial charge on any atom is 0.313 e. The van der Waals surface area contributed by atoms with Gasteiger partial charge in [0.1, 0.15) is 17.2 Å². The molecule has 1 saturated heterocycles. The minimum Gasteiger partial charge on any atom is -0.469 e. The lowest BCUT2D eigenvalue weighted by atomic mass is 9.82. The first-order valence-corrected chi connectivity index (χ1v) is 8.40. The van der Waals surface area contributed by atoms with Crippen molar-refractivity contribution in [2.75, 3.05) is 25.1 Å². The van der Waals surface area contributed by atoms with Crippen molar-refractivity contribution in [3.05, 3.63) is 28.3 Å². The van der Waals surface area contributed by atoms with Gasteiger partial charge in [0.25, 0.3) is 0 Å². The van der Waals surface area contributed by atoms with E-state index in [2.05, 4.69) is 25.9 Å². The second-order valence-corrected chi connectivity index (χ2v) is 7.07. The molecule has 9 heteroatoms. The van der Waals surface area contributed by atoms with Crippen LogP contribution in [0, 0.1) is 23.1 Å². The number of halogens is 4. The Morgan fingerprint density at radius 2 is 2.08 bits per heavy atom. The minimum absolute atomic E-state index is 0.0497. The zero-order valence-electron chi connectivity index (χ0n) is 13.6. The Hall–Kier alpha value is -1.90. The van der Waals surface area contributed by atoms with Gasteiger partial charge < -0.3 is 9.64 Å². The van der Waals surface area contributed by atoms with Crippen molar-refractivity contribution in [3.8, 4) is 0 Å². The van der Waals surface area contributed by atoms with E-state index < -0.39 is 33.6 Å². The number of methoxy groups -OCH3 is 1. The molecule has 5 nitrogen and oxygen atoms in total. The molecular weight excluding hydrogens is 403 g/mol. The van der Waals surface area contributed by atoms with Gasteiger partial charge in [-0.25, -0.2) is 8.78 Å². The standard InChI is InChI=1S/C16H15BrF3N3O2/c1-16(14(24)25-2)4-3-5-23(7-16)13-8-6-9(18)10(17)11(19)12(8)21-15(20)22-13/h6H,3-5,7H2,1-2H3. The normalized spacial score (nSPS) is 20.8. The van der Waals surface area contributed by atoms with Crippen molar-refractivity contribution in [1.29, 1.82) is 0 Å². The predicted octanol–water partition coefficient (Wildman–Crippen LogP) is 3.59. The fraction of sp³-hybridized carbons (Fsp3) is 0.438. The van der Waals surface area contributed by atoms with E-state index >= 15 is 0 Å². The smallest absolute Gasteiger partial charge is 0.313 e. The number of piperidine rings is 1. The van der Waals surface area contributed by atoms with Crippen LogP contribution in [0.2, 0.25) is 0 Å². The van der Waals surface area contributed by atoms with Crippen LogP contribution in [0.15, 0.2) is 10.5 Å². The van der Waals surface area contributed by atoms with Crippen molar-refractivity contribution in [3.63, 3.8) is 0 Å². The van der Waals surface area contributed by atoms with Crippen LogP contribution >= 0.6 is 15.9 Å². The molecule has 0 N–H and O–H groups in total. The predicted molar refractivity (Wildman–Crippen MR) is 88.7 cm³/mol. The second-order valence-electron chi connectivity index (χ2n) is 6.28. The molecular formula is C16H15BrF3N3O2. The lowest BCUT2D eigenvalue weighted by molar-refractivity contribution is -0.152. The maximum atomic E-state index is 14.3. The van der Waals surface area contributed by atoms with Gasteiger partial charge >= 0.3 is 12.0 Å². The summed E-state index contributed by atoms with van der Waals surface area (Å²) in [5, 5.41) is 0.0497. The van der Waals surface area contributed by atoms with Crippen molar-refractivity contribution < 1.29 is 22.7 Å². The summed E-state index contributed by atoms with van der Waals surface area (Å²) >= 11 is 2.78. The number of esters is 1. The number of hydrogen-bond acceptors (Lipinski definition) is 5. The molecule has 0 amide bonds. The number of hydrogen-bond donors (Lipinski definition) is 0. The third-order valence-electron chi connectivity index (χ3n) is 4.45. The molecule has 25 heavy (non-hydrogen) atoms. The quantitative estimate of drug-likeness (QED) is 0.424. The molecule has 2 heterocycles. The van der Waals surface area contributed by atoms with E-state index in [0.717, 1.165) is 6.07 Å². The Bertz CT molecular complexity index is 864. The van der Waals surface area contributed by atoms with Crippen molar-refractivity contribution in [2.24, 2.45) is 5.41 Å². The molecule has 0 radical (unpaired) electrons. The van der Waals surface area contributed by atoms with Crippen LogP contribution in [0.1, 0.15) is 19.8 Å². The molecule has 3 rings (SSSR count). The summed E-state index contributed by atoms with van der Waals surface area (Å²) in [5.41, 5.74) is -1.13. The molecule has 1 aliphatic heterocycles. The number of fused-ring (bicyclic) bond motifs is 1. The highest BCUT2D eigenvalue weighted by atomic mass is 79.9. The molecule has 1 atom stereocenters. The molecule has 0 saturated carbocycles. The highest BCUT2D eigenvalue weighted by Gasteiger charge is 2.40. The molecule has 1 aromatic heterocycles. The molecule has 0 bridgehead atoms. The van der Waals surface area contributed by atoms with Crippen LogP contribution in [0.25, 0.3) is 10.9 Å². The average Bonchev–Trinajstić information content (AvgIpc) is 2.59. The molecule has 1 unspecified atom stereocenters. The van der Waals surface area contributed by atoms with E-state index in [1.807, 2.05) is 0 Å². The summed E-state index contributed by atoms with van der Waals surface area (Å²) in [6.45, 7) is 2.41. The third kappa shape index (κ3) is 3.05. The lowest BCUT2D eigenvalue weighted by Crippen LogP contribution is -2.47. The SMILES string of the molecule is COC(=O)C1(C)CCCN(c2nc(F)nc3c(F)c(Br)c(F)cc23)C1. The maximum absolute atomic E-state index is 14.3. The van der Waals surface area contributed by atoms with E-state index in [9.17, 15) is 18.0 Å². The number of carbonyl (C=O) groups excluding carboxylic acids is 1. The number of benzene rings is 1. The first kappa shape index (κ1) is 17.9. The van der Waals surface area contributed by atoms with Crippen LogP contribution in [0.3, 0.4) is 0 Å². The molecule has 2 aromatic rings. The summed E-state index contributed by atoms with van der Waals surface area (Å²) in [4.78, 5) is 20.9. The fourth-order valence-corrected chi connectivity index (χ4v) is 3.51. The lowest BCUT2D eigenvalue weighted by Gasteiger charge is -2.39. The monoisotopic (exact) mass is 417 g/mol. The van der Waals surface area contributed by atoms with Crippen LogP contribution in [0.5, 0.6) is 0 Å². The summed E-state index contributed by atoms with van der Waals surface area (Å²) in [7, 11) is 1.30. The summed E-state index contributed by atoms with van der Waals surface area (Å²) < 4.78 is 46.5. The highest BCUT2D eigenvalue weighted by Crippen LogP contribution is 2.37. The average molecular weight is 418 g/mol. The van der Waals surface area contributed by atoms with E-state index in [1.165, 1.54) is 7.11 Å². The molecule has 1 aliphatic rings. The Kier molecular flexibility index (Phi) is 4.61. The molecule has 0 aliphatic carbocycles. The topological polar surface area (TPSA) is 55.3 Å². The first-order valence-electron chi connectivity index (χ1n) is 7.61. The van der Waals surface area contributed by atoms with E-state index in [1.54, 1.807) is 11.8 Å². The number of aromatic nitrogens is 2. The van der Waals surface area contributed by atoms with Gasteiger partial charge in [-0.2, -0.15) is 14.4 Å². The van der Waals surface area contributed by atoms with Gasteiger partial charge in [0.15, 0.2) is 5.82 Å². The summed E-state index contributed by atoms with van der Waals surface area (Å²) in [5.74, 6) is -2.17. The van der Waals surface area contributed by atoms with Crippen LogP contribution in [0.4, 0.5) is 19.0 Å². The molecule has 134 valence electrons. The van der Waals surface area contributed by atoms with Gasteiger partial charge in [0.2, 0.25) is 0 Å². The van der Waals surface area contributed by atoms with Gasteiger partial charge in [-0.1, -0.05) is 0 Å². The number of nitrogens with zero attached hydrogens (tertiary/aromatic N) is 3. The van der Waals surface area contributed by atoms with Crippen LogP contribution in [-0.4, -0.2) is 36.1 Å². The molecule has 1 fully saturated rings. The number of rotatable bonds is 2. The van der Waals surface area contributed by atoms with Gasteiger partial charge in [0.05, 0.1) is 17.0 Å². The van der Waals surface area contributed by atoms with E-state index in [4.69, 9.17) is 4.74 Å². The number of ether oxygens (including phenoxy) is 1. The first-order chi connectivity index (χ1) is 11.8.